The SMILES string of the molecule is C=C(C)C(/C=C(/CC)NCC)=NCC. The van der Waals surface area contributed by atoms with Gasteiger partial charge in [-0.2, -0.15) is 0 Å². The van der Waals surface area contributed by atoms with Crippen LogP contribution in [0, 0.1) is 0 Å². The standard InChI is InChI=1S/C12H22N2/c1-6-11(13-7-2)9-12(10(4)5)14-8-3/h9,13H,4,6-8H2,1-3,5H3/b11-9-,14-12?. The first-order valence-electron chi connectivity index (χ1n) is 5.30. The van der Waals surface area contributed by atoms with E-state index < -0.39 is 0 Å². The molecule has 0 bridgehead atoms. The number of hydrogen-bond donors (Lipinski definition) is 1. The molecule has 0 spiro atoms. The lowest BCUT2D eigenvalue weighted by atomic mass is 10.1. The zero-order valence-electron chi connectivity index (χ0n) is 9.85. The molecule has 0 unspecified atom stereocenters. The lowest BCUT2D eigenvalue weighted by Crippen LogP contribution is -2.13. The highest BCUT2D eigenvalue weighted by Gasteiger charge is 1.98. The molecule has 2 heteroatoms. The van der Waals surface area contributed by atoms with Gasteiger partial charge in [0.15, 0.2) is 0 Å². The van der Waals surface area contributed by atoms with Crippen molar-refractivity contribution in [3.8, 4) is 0 Å². The normalized spacial score (nSPS) is 12.9. The Hall–Kier alpha value is -1.05. The molecule has 0 rings (SSSR count). The predicted molar refractivity (Wildman–Crippen MR) is 64.8 cm³/mol. The highest BCUT2D eigenvalue weighted by molar-refractivity contribution is 6.07. The van der Waals surface area contributed by atoms with Gasteiger partial charge >= 0.3 is 0 Å². The summed E-state index contributed by atoms with van der Waals surface area (Å²) >= 11 is 0. The number of nitrogens with one attached hydrogen (secondary N) is 1. The minimum absolute atomic E-state index is 0.807. The molecular formula is C12H22N2. The third kappa shape index (κ3) is 4.85. The molecule has 0 aromatic heterocycles. The summed E-state index contributed by atoms with van der Waals surface area (Å²) in [5.41, 5.74) is 3.25. The molecule has 0 saturated heterocycles. The molecule has 0 heterocycles. The van der Waals surface area contributed by atoms with Gasteiger partial charge in [-0.05, 0) is 38.8 Å². The van der Waals surface area contributed by atoms with Gasteiger partial charge in [0.2, 0.25) is 0 Å². The van der Waals surface area contributed by atoms with Crippen LogP contribution in [0.15, 0.2) is 28.9 Å². The molecule has 0 aliphatic heterocycles. The van der Waals surface area contributed by atoms with E-state index in [1.165, 1.54) is 5.70 Å². The Labute approximate surface area is 87.8 Å². The van der Waals surface area contributed by atoms with Crippen LogP contribution in [0.1, 0.15) is 34.1 Å². The molecular weight excluding hydrogens is 172 g/mol. The molecule has 0 aromatic carbocycles. The van der Waals surface area contributed by atoms with Crippen molar-refractivity contribution in [1.82, 2.24) is 5.32 Å². The first-order valence-corrected chi connectivity index (χ1v) is 5.30. The van der Waals surface area contributed by atoms with Crippen molar-refractivity contribution in [1.29, 1.82) is 0 Å². The maximum atomic E-state index is 4.39. The summed E-state index contributed by atoms with van der Waals surface area (Å²) in [6.07, 6.45) is 3.10. The number of hydrogen-bond acceptors (Lipinski definition) is 2. The zero-order chi connectivity index (χ0) is 11.0. The minimum Gasteiger partial charge on any atom is -0.389 e. The smallest absolute Gasteiger partial charge is 0.0614 e. The molecule has 0 aromatic rings. The molecule has 0 atom stereocenters. The van der Waals surface area contributed by atoms with Crippen LogP contribution in [0.25, 0.3) is 0 Å². The maximum absolute atomic E-state index is 4.39. The summed E-state index contributed by atoms with van der Waals surface area (Å²) in [5, 5.41) is 3.32. The summed E-state index contributed by atoms with van der Waals surface area (Å²) < 4.78 is 0. The van der Waals surface area contributed by atoms with Gasteiger partial charge in [-0.15, -0.1) is 0 Å². The molecule has 2 nitrogen and oxygen atoms in total. The van der Waals surface area contributed by atoms with Crippen LogP contribution in [0.2, 0.25) is 0 Å². The van der Waals surface area contributed by atoms with E-state index >= 15 is 0 Å². The second kappa shape index (κ2) is 7.36. The van der Waals surface area contributed by atoms with Crippen molar-refractivity contribution < 1.29 is 0 Å². The van der Waals surface area contributed by atoms with E-state index in [0.717, 1.165) is 30.8 Å². The number of rotatable bonds is 6. The van der Waals surface area contributed by atoms with E-state index in [4.69, 9.17) is 0 Å². The fraction of sp³-hybridized carbons (Fsp3) is 0.583. The Balaban J connectivity index is 4.67. The van der Waals surface area contributed by atoms with Crippen LogP contribution in [-0.4, -0.2) is 18.8 Å². The average Bonchev–Trinajstić information content (AvgIpc) is 2.15. The fourth-order valence-corrected chi connectivity index (χ4v) is 1.14. The van der Waals surface area contributed by atoms with Crippen LogP contribution in [0.4, 0.5) is 0 Å². The summed E-state index contributed by atoms with van der Waals surface area (Å²) in [6.45, 7) is 13.9. The van der Waals surface area contributed by atoms with E-state index in [1.54, 1.807) is 0 Å². The highest BCUT2D eigenvalue weighted by atomic mass is 14.9. The lowest BCUT2D eigenvalue weighted by Gasteiger charge is -2.07. The topological polar surface area (TPSA) is 24.4 Å². The Morgan fingerprint density at radius 2 is 2.00 bits per heavy atom. The Morgan fingerprint density at radius 1 is 1.36 bits per heavy atom. The molecule has 14 heavy (non-hydrogen) atoms. The quantitative estimate of drug-likeness (QED) is 0.646. The average molecular weight is 194 g/mol. The van der Waals surface area contributed by atoms with Gasteiger partial charge in [0.05, 0.1) is 5.71 Å². The zero-order valence-corrected chi connectivity index (χ0v) is 9.85. The van der Waals surface area contributed by atoms with Crippen molar-refractivity contribution in [2.75, 3.05) is 13.1 Å². The van der Waals surface area contributed by atoms with Crippen molar-refractivity contribution >= 4 is 5.71 Å². The molecule has 0 radical (unpaired) electrons. The first kappa shape index (κ1) is 12.9. The van der Waals surface area contributed by atoms with Crippen LogP contribution < -0.4 is 5.32 Å². The minimum atomic E-state index is 0.807. The van der Waals surface area contributed by atoms with Crippen molar-refractivity contribution in [2.45, 2.75) is 34.1 Å². The van der Waals surface area contributed by atoms with Gasteiger partial charge < -0.3 is 5.32 Å². The fourth-order valence-electron chi connectivity index (χ4n) is 1.14. The monoisotopic (exact) mass is 194 g/mol. The third-order valence-corrected chi connectivity index (χ3v) is 1.86. The molecule has 1 N–H and O–H groups in total. The predicted octanol–water partition coefficient (Wildman–Crippen LogP) is 2.93. The van der Waals surface area contributed by atoms with E-state index in [2.05, 4.69) is 36.8 Å². The van der Waals surface area contributed by atoms with E-state index in [0.29, 0.717) is 0 Å². The lowest BCUT2D eigenvalue weighted by molar-refractivity contribution is 0.808. The molecule has 0 fully saturated rings. The maximum Gasteiger partial charge on any atom is 0.0614 e. The number of nitrogens with zero attached hydrogens (tertiary/aromatic N) is 1. The Morgan fingerprint density at radius 3 is 2.36 bits per heavy atom. The molecule has 80 valence electrons. The number of allylic oxidation sites excluding steroid dienone is 3. The molecule has 0 aliphatic rings. The van der Waals surface area contributed by atoms with Crippen LogP contribution >= 0.6 is 0 Å². The second-order valence-corrected chi connectivity index (χ2v) is 3.19. The Bertz CT molecular complexity index is 237. The van der Waals surface area contributed by atoms with Gasteiger partial charge in [0.1, 0.15) is 0 Å². The molecule has 0 saturated carbocycles. The highest BCUT2D eigenvalue weighted by Crippen LogP contribution is 2.02. The summed E-state index contributed by atoms with van der Waals surface area (Å²) in [5.74, 6) is 0. The van der Waals surface area contributed by atoms with Crippen molar-refractivity contribution in [3.63, 3.8) is 0 Å². The van der Waals surface area contributed by atoms with Gasteiger partial charge in [0, 0.05) is 18.8 Å². The molecule has 0 amide bonds. The van der Waals surface area contributed by atoms with E-state index in [-0.39, 0.29) is 0 Å². The van der Waals surface area contributed by atoms with E-state index in [1.807, 2.05) is 13.8 Å². The second-order valence-electron chi connectivity index (χ2n) is 3.19. The van der Waals surface area contributed by atoms with Crippen LogP contribution in [-0.2, 0) is 0 Å². The van der Waals surface area contributed by atoms with E-state index in [9.17, 15) is 0 Å². The largest absolute Gasteiger partial charge is 0.389 e. The third-order valence-electron chi connectivity index (χ3n) is 1.86. The van der Waals surface area contributed by atoms with Gasteiger partial charge in [-0.25, -0.2) is 0 Å². The van der Waals surface area contributed by atoms with Gasteiger partial charge in [-0.3, -0.25) is 4.99 Å². The summed E-state index contributed by atoms with van der Waals surface area (Å²) in [7, 11) is 0. The summed E-state index contributed by atoms with van der Waals surface area (Å²) in [6, 6.07) is 0. The van der Waals surface area contributed by atoms with Crippen LogP contribution in [0.3, 0.4) is 0 Å². The van der Waals surface area contributed by atoms with Crippen molar-refractivity contribution in [2.24, 2.45) is 4.99 Å². The van der Waals surface area contributed by atoms with Gasteiger partial charge in [-0.1, -0.05) is 13.5 Å². The van der Waals surface area contributed by atoms with Crippen LogP contribution in [0.5, 0.6) is 0 Å². The van der Waals surface area contributed by atoms with Crippen molar-refractivity contribution in [3.05, 3.63) is 23.9 Å². The first-order chi connectivity index (χ1) is 6.65. The Kier molecular flexibility index (Phi) is 6.81. The van der Waals surface area contributed by atoms with Gasteiger partial charge in [0.25, 0.3) is 0 Å². The summed E-state index contributed by atoms with van der Waals surface area (Å²) in [4.78, 5) is 4.39. The molecule has 0 aliphatic carbocycles. The number of aliphatic imine (C=N–C) groups is 1.